The average molecular weight is 265 g/mol. The van der Waals surface area contributed by atoms with Crippen molar-refractivity contribution >= 4 is 0 Å². The summed E-state index contributed by atoms with van der Waals surface area (Å²) in [5, 5.41) is 13.5. The van der Waals surface area contributed by atoms with Crippen LogP contribution in [-0.4, -0.2) is 48.8 Å². The van der Waals surface area contributed by atoms with E-state index in [1.807, 2.05) is 19.1 Å². The van der Waals surface area contributed by atoms with Crippen LogP contribution in [0.2, 0.25) is 0 Å². The molecule has 1 unspecified atom stereocenters. The molecule has 0 aliphatic carbocycles. The van der Waals surface area contributed by atoms with Crippen molar-refractivity contribution in [3.63, 3.8) is 0 Å². The summed E-state index contributed by atoms with van der Waals surface area (Å²) in [5.74, 6) is 0.798. The van der Waals surface area contributed by atoms with Crippen molar-refractivity contribution in [1.29, 1.82) is 0 Å². The molecule has 5 nitrogen and oxygen atoms in total. The number of phenols is 1. The van der Waals surface area contributed by atoms with E-state index in [4.69, 9.17) is 10.5 Å². The smallest absolute Gasteiger partial charge is 0.162 e. The van der Waals surface area contributed by atoms with Gasteiger partial charge in [0.25, 0.3) is 0 Å². The van der Waals surface area contributed by atoms with Gasteiger partial charge < -0.3 is 20.9 Å². The van der Waals surface area contributed by atoms with Crippen LogP contribution in [0.3, 0.4) is 0 Å². The number of aromatic hydroxyl groups is 1. The minimum Gasteiger partial charge on any atom is -0.504 e. The minimum absolute atomic E-state index is 0.139. The molecule has 0 saturated carbocycles. The number of nitrogens with two attached hydrogens (primary N) is 1. The first-order chi connectivity index (χ1) is 9.20. The van der Waals surface area contributed by atoms with Gasteiger partial charge in [-0.05, 0) is 13.0 Å². The fraction of sp³-hybridized carbons (Fsp3) is 0.571. The lowest BCUT2D eigenvalue weighted by Crippen LogP contribution is -2.38. The van der Waals surface area contributed by atoms with Crippen molar-refractivity contribution < 1.29 is 9.84 Å². The first-order valence-electron chi connectivity index (χ1n) is 6.83. The molecule has 1 aliphatic heterocycles. The van der Waals surface area contributed by atoms with Crippen LogP contribution in [0.1, 0.15) is 12.5 Å². The zero-order valence-corrected chi connectivity index (χ0v) is 11.4. The number of rotatable bonds is 4. The predicted molar refractivity (Wildman–Crippen MR) is 75.4 cm³/mol. The molecule has 1 aromatic rings. The van der Waals surface area contributed by atoms with Crippen LogP contribution in [0.4, 0.5) is 0 Å². The van der Waals surface area contributed by atoms with E-state index >= 15 is 0 Å². The molecule has 0 spiro atoms. The first-order valence-corrected chi connectivity index (χ1v) is 6.83. The predicted octanol–water partition coefficient (Wildman–Crippen LogP) is 0.523. The molecule has 1 heterocycles. The zero-order chi connectivity index (χ0) is 13.7. The summed E-state index contributed by atoms with van der Waals surface area (Å²) in [4.78, 5) is 2.26. The Morgan fingerprint density at radius 2 is 2.37 bits per heavy atom. The van der Waals surface area contributed by atoms with Crippen molar-refractivity contribution in [2.75, 3.05) is 32.8 Å². The van der Waals surface area contributed by atoms with Crippen LogP contribution in [0.15, 0.2) is 18.2 Å². The van der Waals surface area contributed by atoms with Crippen LogP contribution in [0.5, 0.6) is 11.5 Å². The molecule has 0 amide bonds. The molecule has 5 heteroatoms. The van der Waals surface area contributed by atoms with Gasteiger partial charge in [-0.25, -0.2) is 0 Å². The summed E-state index contributed by atoms with van der Waals surface area (Å²) >= 11 is 0. The molecule has 0 bridgehead atoms. The number of phenolic OH excluding ortho intramolecular Hbond substituents is 1. The van der Waals surface area contributed by atoms with Gasteiger partial charge in [0.15, 0.2) is 11.5 Å². The van der Waals surface area contributed by atoms with Gasteiger partial charge in [0.1, 0.15) is 0 Å². The maximum Gasteiger partial charge on any atom is 0.162 e. The lowest BCUT2D eigenvalue weighted by molar-refractivity contribution is 0.265. The molecule has 106 valence electrons. The van der Waals surface area contributed by atoms with Gasteiger partial charge in [-0.1, -0.05) is 12.1 Å². The SMILES string of the molecule is CCOc1cccc(CN2CCNCC(N)C2)c1O. The quantitative estimate of drug-likeness (QED) is 0.740. The second-order valence-corrected chi connectivity index (χ2v) is 4.90. The van der Waals surface area contributed by atoms with Crippen molar-refractivity contribution in [3.05, 3.63) is 23.8 Å². The number of benzene rings is 1. The first kappa shape index (κ1) is 14.1. The molecule has 0 aromatic heterocycles. The number of para-hydroxylation sites is 1. The molecule has 1 saturated heterocycles. The van der Waals surface area contributed by atoms with Gasteiger partial charge in [0, 0.05) is 44.3 Å². The van der Waals surface area contributed by atoms with Gasteiger partial charge in [-0.2, -0.15) is 0 Å². The van der Waals surface area contributed by atoms with E-state index < -0.39 is 0 Å². The van der Waals surface area contributed by atoms with Crippen molar-refractivity contribution in [1.82, 2.24) is 10.2 Å². The Labute approximate surface area is 114 Å². The molecule has 1 aliphatic rings. The van der Waals surface area contributed by atoms with Gasteiger partial charge in [-0.15, -0.1) is 0 Å². The van der Waals surface area contributed by atoms with Gasteiger partial charge in [0.05, 0.1) is 6.61 Å². The Kier molecular flexibility index (Phi) is 5.01. The average Bonchev–Trinajstić information content (AvgIpc) is 2.59. The molecule has 4 N–H and O–H groups in total. The van der Waals surface area contributed by atoms with E-state index in [1.165, 1.54) is 0 Å². The van der Waals surface area contributed by atoms with Crippen molar-refractivity contribution in [2.24, 2.45) is 5.73 Å². The number of hydrogen-bond acceptors (Lipinski definition) is 5. The molecule has 1 aromatic carbocycles. The Balaban J connectivity index is 2.07. The van der Waals surface area contributed by atoms with E-state index in [-0.39, 0.29) is 11.8 Å². The van der Waals surface area contributed by atoms with E-state index in [1.54, 1.807) is 6.07 Å². The second kappa shape index (κ2) is 6.75. The summed E-state index contributed by atoms with van der Waals surface area (Å²) in [6.07, 6.45) is 0. The van der Waals surface area contributed by atoms with Gasteiger partial charge in [-0.3, -0.25) is 4.90 Å². The Hall–Kier alpha value is -1.30. The summed E-state index contributed by atoms with van der Waals surface area (Å²) in [6.45, 7) is 6.71. The Bertz CT molecular complexity index is 412. The molecule has 0 radical (unpaired) electrons. The fourth-order valence-corrected chi connectivity index (χ4v) is 2.36. The van der Waals surface area contributed by atoms with Gasteiger partial charge >= 0.3 is 0 Å². The third kappa shape index (κ3) is 3.83. The summed E-state index contributed by atoms with van der Waals surface area (Å²) in [6, 6.07) is 5.77. The number of nitrogens with zero attached hydrogens (tertiary/aromatic N) is 1. The molecule has 1 fully saturated rings. The maximum atomic E-state index is 10.2. The fourth-order valence-electron chi connectivity index (χ4n) is 2.36. The lowest BCUT2D eigenvalue weighted by Gasteiger charge is -2.22. The molecule has 19 heavy (non-hydrogen) atoms. The minimum atomic E-state index is 0.139. The standard InChI is InChI=1S/C14H23N3O2/c1-2-19-13-5-3-4-11(14(13)18)9-17-7-6-16-8-12(15)10-17/h3-5,12,16,18H,2,6-10,15H2,1H3. The summed E-state index contributed by atoms with van der Waals surface area (Å²) in [5.41, 5.74) is 6.89. The van der Waals surface area contributed by atoms with E-state index in [9.17, 15) is 5.11 Å². The Morgan fingerprint density at radius 1 is 1.53 bits per heavy atom. The highest BCUT2D eigenvalue weighted by atomic mass is 16.5. The highest BCUT2D eigenvalue weighted by Crippen LogP contribution is 2.30. The van der Waals surface area contributed by atoms with E-state index in [0.29, 0.717) is 18.9 Å². The normalized spacial score (nSPS) is 21.1. The van der Waals surface area contributed by atoms with Crippen LogP contribution in [0.25, 0.3) is 0 Å². The van der Waals surface area contributed by atoms with Crippen LogP contribution in [-0.2, 0) is 6.54 Å². The van der Waals surface area contributed by atoms with Crippen molar-refractivity contribution in [2.45, 2.75) is 19.5 Å². The number of hydrogen-bond donors (Lipinski definition) is 3. The third-order valence-electron chi connectivity index (χ3n) is 3.28. The Morgan fingerprint density at radius 3 is 3.16 bits per heavy atom. The number of nitrogens with one attached hydrogen (secondary N) is 1. The van der Waals surface area contributed by atoms with E-state index in [0.717, 1.165) is 31.7 Å². The topological polar surface area (TPSA) is 70.8 Å². The zero-order valence-electron chi connectivity index (χ0n) is 11.4. The molecular weight excluding hydrogens is 242 g/mol. The van der Waals surface area contributed by atoms with E-state index in [2.05, 4.69) is 10.2 Å². The van der Waals surface area contributed by atoms with Crippen LogP contribution < -0.4 is 15.8 Å². The maximum absolute atomic E-state index is 10.2. The lowest BCUT2D eigenvalue weighted by atomic mass is 10.1. The molecule has 2 rings (SSSR count). The molecular formula is C14H23N3O2. The largest absolute Gasteiger partial charge is 0.504 e. The van der Waals surface area contributed by atoms with Crippen molar-refractivity contribution in [3.8, 4) is 11.5 Å². The highest BCUT2D eigenvalue weighted by molar-refractivity contribution is 5.45. The summed E-state index contributed by atoms with van der Waals surface area (Å²) < 4.78 is 5.41. The number of ether oxygens (including phenoxy) is 1. The van der Waals surface area contributed by atoms with Crippen LogP contribution >= 0.6 is 0 Å². The monoisotopic (exact) mass is 265 g/mol. The molecule has 1 atom stereocenters. The van der Waals surface area contributed by atoms with Gasteiger partial charge in [0.2, 0.25) is 0 Å². The van der Waals surface area contributed by atoms with Crippen LogP contribution in [0, 0.1) is 0 Å². The highest BCUT2D eigenvalue weighted by Gasteiger charge is 2.17. The summed E-state index contributed by atoms with van der Waals surface area (Å²) in [7, 11) is 0. The third-order valence-corrected chi connectivity index (χ3v) is 3.28. The second-order valence-electron chi connectivity index (χ2n) is 4.90.